The van der Waals surface area contributed by atoms with Gasteiger partial charge in [-0.05, 0) is 109 Å². The Bertz CT molecular complexity index is 1580. The molecular formula is C60H101O11P. The highest BCUT2D eigenvalue weighted by Gasteiger charge is 2.28. The lowest BCUT2D eigenvalue weighted by Gasteiger charge is -2.21. The van der Waals surface area contributed by atoms with Gasteiger partial charge in [0.05, 0.1) is 19.8 Å². The number of phosphoric ester groups is 1. The third kappa shape index (κ3) is 51.3. The maximum atomic E-state index is 12.9. The second-order valence-electron chi connectivity index (χ2n) is 18.3. The minimum absolute atomic E-state index is 0.146. The van der Waals surface area contributed by atoms with Gasteiger partial charge in [-0.1, -0.05) is 195 Å². The van der Waals surface area contributed by atoms with Crippen molar-refractivity contribution in [3.63, 3.8) is 0 Å². The molecule has 3 unspecified atom stereocenters. The van der Waals surface area contributed by atoms with E-state index >= 15 is 0 Å². The molecule has 412 valence electrons. The number of ether oxygens (including phenoxy) is 3. The Kier molecular flexibility index (Phi) is 51.0. The van der Waals surface area contributed by atoms with Crippen molar-refractivity contribution in [2.24, 2.45) is 0 Å². The van der Waals surface area contributed by atoms with Crippen molar-refractivity contribution in [2.75, 3.05) is 26.4 Å². The van der Waals surface area contributed by atoms with E-state index in [-0.39, 0.29) is 25.9 Å². The van der Waals surface area contributed by atoms with Crippen LogP contribution in [0.2, 0.25) is 0 Å². The van der Waals surface area contributed by atoms with Gasteiger partial charge in [-0.2, -0.15) is 0 Å². The number of aliphatic hydroxyl groups excluding tert-OH is 1. The zero-order chi connectivity index (χ0) is 52.7. The van der Waals surface area contributed by atoms with Crippen LogP contribution in [0.5, 0.6) is 0 Å². The average molecular weight is 1030 g/mol. The third-order valence-corrected chi connectivity index (χ3v) is 12.4. The number of phosphoric acid groups is 1. The van der Waals surface area contributed by atoms with Crippen molar-refractivity contribution in [3.8, 4) is 0 Å². The number of carbonyl (C=O) groups excluding carboxylic acids is 3. The predicted octanol–water partition coefficient (Wildman–Crippen LogP) is 16.5. The molecule has 0 aliphatic rings. The Morgan fingerprint density at radius 1 is 0.403 bits per heavy atom. The van der Waals surface area contributed by atoms with E-state index in [9.17, 15) is 28.9 Å². The molecule has 0 aliphatic carbocycles. The second-order valence-corrected chi connectivity index (χ2v) is 19.8. The van der Waals surface area contributed by atoms with Crippen molar-refractivity contribution in [1.29, 1.82) is 0 Å². The molecule has 0 saturated carbocycles. The van der Waals surface area contributed by atoms with Gasteiger partial charge in [-0.25, -0.2) is 4.57 Å². The van der Waals surface area contributed by atoms with Crippen LogP contribution in [0.15, 0.2) is 97.2 Å². The molecule has 0 bridgehead atoms. The van der Waals surface area contributed by atoms with Crippen LogP contribution in [0.4, 0.5) is 0 Å². The van der Waals surface area contributed by atoms with E-state index in [2.05, 4.69) is 118 Å². The van der Waals surface area contributed by atoms with Crippen LogP contribution < -0.4 is 0 Å². The van der Waals surface area contributed by atoms with Crippen molar-refractivity contribution < 1.29 is 52.2 Å². The number of hydrogen-bond acceptors (Lipinski definition) is 10. The lowest BCUT2D eigenvalue weighted by molar-refractivity contribution is -0.161. The molecule has 2 N–H and O–H groups in total. The van der Waals surface area contributed by atoms with Crippen molar-refractivity contribution in [1.82, 2.24) is 0 Å². The molecule has 0 radical (unpaired) electrons. The Morgan fingerprint density at radius 2 is 0.722 bits per heavy atom. The molecule has 72 heavy (non-hydrogen) atoms. The zero-order valence-corrected chi connectivity index (χ0v) is 46.3. The SMILES string of the molecule is CC/C=C\C/C=C\C/C=C\C/C=C\CCCCCCC(=O)OCC(COP(=O)(O)OCC(CO)OC(=O)CCCCCCC/C=C\CCCC)OC(=O)CCCCCCCCC/C=C\C/C=C\C/C=C\CC. The first-order valence-electron chi connectivity index (χ1n) is 28.1. The summed E-state index contributed by atoms with van der Waals surface area (Å²) in [6.45, 7) is 4.32. The van der Waals surface area contributed by atoms with E-state index in [0.717, 1.165) is 148 Å². The second kappa shape index (κ2) is 53.7. The quantitative estimate of drug-likeness (QED) is 0.0197. The molecule has 0 spiro atoms. The highest BCUT2D eigenvalue weighted by Crippen LogP contribution is 2.43. The van der Waals surface area contributed by atoms with E-state index in [0.29, 0.717) is 19.3 Å². The van der Waals surface area contributed by atoms with Gasteiger partial charge in [-0.15, -0.1) is 0 Å². The van der Waals surface area contributed by atoms with E-state index in [1.807, 2.05) is 0 Å². The summed E-state index contributed by atoms with van der Waals surface area (Å²) in [5, 5.41) is 9.79. The number of aliphatic hydroxyl groups is 1. The minimum Gasteiger partial charge on any atom is -0.462 e. The van der Waals surface area contributed by atoms with Gasteiger partial charge in [0.1, 0.15) is 12.7 Å². The van der Waals surface area contributed by atoms with Crippen molar-refractivity contribution in [2.45, 2.75) is 238 Å². The fraction of sp³-hybridized carbons (Fsp3) is 0.683. The normalized spacial score (nSPS) is 14.1. The Balaban J connectivity index is 4.81. The highest BCUT2D eigenvalue weighted by atomic mass is 31.2. The summed E-state index contributed by atoms with van der Waals surface area (Å²) in [5.41, 5.74) is 0. The smallest absolute Gasteiger partial charge is 0.462 e. The maximum Gasteiger partial charge on any atom is 0.472 e. The molecule has 12 heteroatoms. The molecule has 0 amide bonds. The Labute approximate surface area is 438 Å². The molecule has 0 saturated heterocycles. The van der Waals surface area contributed by atoms with Crippen LogP contribution in [0, 0.1) is 0 Å². The van der Waals surface area contributed by atoms with Crippen LogP contribution in [0.25, 0.3) is 0 Å². The van der Waals surface area contributed by atoms with E-state index in [1.165, 1.54) is 19.3 Å². The largest absolute Gasteiger partial charge is 0.472 e. The number of hydrogen-bond donors (Lipinski definition) is 2. The number of unbranched alkanes of at least 4 members (excludes halogenated alkanes) is 18. The van der Waals surface area contributed by atoms with Gasteiger partial charge >= 0.3 is 25.7 Å². The molecule has 0 aliphatic heterocycles. The Hall–Kier alpha value is -3.60. The minimum atomic E-state index is -4.76. The molecular weight excluding hydrogens is 928 g/mol. The zero-order valence-electron chi connectivity index (χ0n) is 45.4. The van der Waals surface area contributed by atoms with Gasteiger partial charge in [0.25, 0.3) is 0 Å². The fourth-order valence-electron chi connectivity index (χ4n) is 7.22. The summed E-state index contributed by atoms with van der Waals surface area (Å²) in [4.78, 5) is 48.5. The molecule has 0 heterocycles. The van der Waals surface area contributed by atoms with Crippen LogP contribution in [-0.4, -0.2) is 66.5 Å². The van der Waals surface area contributed by atoms with Gasteiger partial charge in [0.15, 0.2) is 6.10 Å². The monoisotopic (exact) mass is 1030 g/mol. The topological polar surface area (TPSA) is 155 Å². The van der Waals surface area contributed by atoms with Crippen molar-refractivity contribution >= 4 is 25.7 Å². The molecule has 0 fully saturated rings. The fourth-order valence-corrected chi connectivity index (χ4v) is 8.01. The number of rotatable bonds is 51. The van der Waals surface area contributed by atoms with Gasteiger partial charge in [-0.3, -0.25) is 23.4 Å². The third-order valence-electron chi connectivity index (χ3n) is 11.5. The van der Waals surface area contributed by atoms with Gasteiger partial charge < -0.3 is 24.2 Å². The first-order chi connectivity index (χ1) is 35.2. The molecule has 3 atom stereocenters. The highest BCUT2D eigenvalue weighted by molar-refractivity contribution is 7.47. The van der Waals surface area contributed by atoms with Gasteiger partial charge in [0.2, 0.25) is 0 Å². The molecule has 0 rings (SSSR count). The summed E-state index contributed by atoms with van der Waals surface area (Å²) < 4.78 is 39.4. The summed E-state index contributed by atoms with van der Waals surface area (Å²) in [7, 11) is -4.76. The van der Waals surface area contributed by atoms with Gasteiger partial charge in [0, 0.05) is 19.3 Å². The number of allylic oxidation sites excluding steroid dienone is 16. The lowest BCUT2D eigenvalue weighted by Crippen LogP contribution is -2.30. The van der Waals surface area contributed by atoms with Crippen LogP contribution in [0.3, 0.4) is 0 Å². The summed E-state index contributed by atoms with van der Waals surface area (Å²) in [5.74, 6) is -1.52. The van der Waals surface area contributed by atoms with Crippen LogP contribution in [-0.2, 0) is 42.2 Å². The molecule has 0 aromatic rings. The van der Waals surface area contributed by atoms with Crippen molar-refractivity contribution in [3.05, 3.63) is 97.2 Å². The van der Waals surface area contributed by atoms with E-state index in [4.69, 9.17) is 23.3 Å². The predicted molar refractivity (Wildman–Crippen MR) is 297 cm³/mol. The first-order valence-corrected chi connectivity index (χ1v) is 29.6. The Morgan fingerprint density at radius 3 is 1.12 bits per heavy atom. The van der Waals surface area contributed by atoms with E-state index < -0.39 is 57.8 Å². The number of carbonyl (C=O) groups is 3. The standard InChI is InChI=1S/C60H101O11P/c1-4-7-10-13-16-19-22-24-26-28-30-32-35-37-40-43-46-49-58(62)67-53-57(71-60(64)51-48-45-42-39-36-33-31-29-27-25-23-20-17-14-11-8-5-2)55-69-72(65,66)68-54-56(52-61)70-59(63)50-47-44-41-38-34-21-18-15-12-9-6-3/h7-8,10-11,15-20,24-27,30,32,56-57,61H,4-6,9,12-14,21-23,28-29,31,33-55H2,1-3H3,(H,65,66)/b10-7-,11-8-,18-15-,19-16-,20-17-,26-24-,27-25-,32-30-. The summed E-state index contributed by atoms with van der Waals surface area (Å²) in [6.07, 6.45) is 62.2. The maximum absolute atomic E-state index is 12.9. The first kappa shape index (κ1) is 68.4. The number of esters is 3. The van der Waals surface area contributed by atoms with Crippen LogP contribution >= 0.6 is 7.82 Å². The molecule has 11 nitrogen and oxygen atoms in total. The van der Waals surface area contributed by atoms with Crippen LogP contribution in [0.1, 0.15) is 226 Å². The summed E-state index contributed by atoms with van der Waals surface area (Å²) >= 11 is 0. The van der Waals surface area contributed by atoms with E-state index in [1.54, 1.807) is 0 Å². The molecule has 0 aromatic carbocycles. The summed E-state index contributed by atoms with van der Waals surface area (Å²) in [6, 6.07) is 0. The average Bonchev–Trinajstić information content (AvgIpc) is 3.37. The molecule has 0 aromatic heterocycles. The lowest BCUT2D eigenvalue weighted by atomic mass is 10.1.